The van der Waals surface area contributed by atoms with Crippen LogP contribution in [0.15, 0.2) is 47.3 Å². The predicted molar refractivity (Wildman–Crippen MR) is 82.0 cm³/mol. The lowest BCUT2D eigenvalue weighted by Crippen LogP contribution is -2.34. The van der Waals surface area contributed by atoms with Gasteiger partial charge < -0.3 is 14.8 Å². The van der Waals surface area contributed by atoms with E-state index in [9.17, 15) is 4.79 Å². The summed E-state index contributed by atoms with van der Waals surface area (Å²) in [5, 5.41) is 11.9. The van der Waals surface area contributed by atoms with Crippen molar-refractivity contribution in [2.75, 3.05) is 13.2 Å². The van der Waals surface area contributed by atoms with Crippen LogP contribution in [0.1, 0.15) is 30.6 Å². The van der Waals surface area contributed by atoms with E-state index in [1.807, 2.05) is 38.1 Å². The molecular formula is C17H21NO3. The van der Waals surface area contributed by atoms with Gasteiger partial charge in [0.2, 0.25) is 0 Å². The minimum absolute atomic E-state index is 0.105. The molecule has 0 fully saturated rings. The number of aliphatic hydroxyl groups excluding tert-OH is 1. The van der Waals surface area contributed by atoms with Gasteiger partial charge in [-0.25, -0.2) is 0 Å². The second-order valence-corrected chi connectivity index (χ2v) is 5.91. The summed E-state index contributed by atoms with van der Waals surface area (Å²) in [5.41, 5.74) is 2.40. The molecule has 0 saturated heterocycles. The Morgan fingerprint density at radius 3 is 2.76 bits per heavy atom. The van der Waals surface area contributed by atoms with Crippen LogP contribution in [0.3, 0.4) is 0 Å². The fraction of sp³-hybridized carbons (Fsp3) is 0.353. The Labute approximate surface area is 124 Å². The summed E-state index contributed by atoms with van der Waals surface area (Å²) >= 11 is 0. The summed E-state index contributed by atoms with van der Waals surface area (Å²) in [5.74, 6) is -0.105. The van der Waals surface area contributed by atoms with Gasteiger partial charge in [0, 0.05) is 24.3 Å². The molecule has 0 unspecified atom stereocenters. The zero-order valence-corrected chi connectivity index (χ0v) is 12.4. The van der Waals surface area contributed by atoms with Crippen LogP contribution in [0, 0.1) is 5.41 Å². The molecular weight excluding hydrogens is 266 g/mol. The summed E-state index contributed by atoms with van der Waals surface area (Å²) in [6.45, 7) is 4.69. The molecule has 1 amide bonds. The monoisotopic (exact) mass is 287 g/mol. The lowest BCUT2D eigenvalue weighted by atomic mass is 9.89. The molecule has 112 valence electrons. The summed E-state index contributed by atoms with van der Waals surface area (Å²) in [4.78, 5) is 12.2. The lowest BCUT2D eigenvalue weighted by Gasteiger charge is -2.23. The highest BCUT2D eigenvalue weighted by Gasteiger charge is 2.18. The van der Waals surface area contributed by atoms with Crippen molar-refractivity contribution < 1.29 is 14.3 Å². The van der Waals surface area contributed by atoms with Gasteiger partial charge in [0.25, 0.3) is 5.91 Å². The van der Waals surface area contributed by atoms with Gasteiger partial charge in [0.1, 0.15) is 0 Å². The normalized spacial score (nSPS) is 11.4. The largest absolute Gasteiger partial charge is 0.472 e. The number of hydrogen-bond acceptors (Lipinski definition) is 3. The van der Waals surface area contributed by atoms with Crippen molar-refractivity contribution in [3.63, 3.8) is 0 Å². The molecule has 0 aliphatic heterocycles. The highest BCUT2D eigenvalue weighted by molar-refractivity contribution is 5.95. The van der Waals surface area contributed by atoms with Crippen molar-refractivity contribution in [1.82, 2.24) is 5.32 Å². The third-order valence-electron chi connectivity index (χ3n) is 3.50. The molecule has 0 spiro atoms. The number of amides is 1. The van der Waals surface area contributed by atoms with Crippen LogP contribution < -0.4 is 5.32 Å². The van der Waals surface area contributed by atoms with E-state index in [0.717, 1.165) is 11.1 Å². The van der Waals surface area contributed by atoms with Crippen molar-refractivity contribution in [2.45, 2.75) is 20.3 Å². The molecule has 21 heavy (non-hydrogen) atoms. The van der Waals surface area contributed by atoms with Gasteiger partial charge in [-0.3, -0.25) is 4.79 Å². The Morgan fingerprint density at radius 2 is 2.10 bits per heavy atom. The Hall–Kier alpha value is -2.07. The van der Waals surface area contributed by atoms with Crippen LogP contribution >= 0.6 is 0 Å². The van der Waals surface area contributed by atoms with Gasteiger partial charge in [-0.1, -0.05) is 26.0 Å². The number of furan rings is 1. The second-order valence-electron chi connectivity index (χ2n) is 5.91. The van der Waals surface area contributed by atoms with Crippen molar-refractivity contribution in [3.05, 3.63) is 48.4 Å². The predicted octanol–water partition coefficient (Wildman–Crippen LogP) is 3.09. The van der Waals surface area contributed by atoms with Gasteiger partial charge in [0.05, 0.1) is 12.5 Å². The lowest BCUT2D eigenvalue weighted by molar-refractivity contribution is 0.0928. The first-order valence-corrected chi connectivity index (χ1v) is 7.03. The highest BCUT2D eigenvalue weighted by Crippen LogP contribution is 2.21. The number of carbonyl (C=O) groups is 1. The summed E-state index contributed by atoms with van der Waals surface area (Å²) in [6.07, 6.45) is 3.92. The van der Waals surface area contributed by atoms with Crippen LogP contribution in [0.2, 0.25) is 0 Å². The quantitative estimate of drug-likeness (QED) is 0.858. The molecule has 4 heteroatoms. The number of hydrogen-bond donors (Lipinski definition) is 2. The maximum atomic E-state index is 12.2. The van der Waals surface area contributed by atoms with Crippen LogP contribution in [-0.2, 0) is 0 Å². The van der Waals surface area contributed by atoms with E-state index in [2.05, 4.69) is 5.32 Å². The molecule has 4 nitrogen and oxygen atoms in total. The van der Waals surface area contributed by atoms with Crippen LogP contribution in [0.5, 0.6) is 0 Å². The van der Waals surface area contributed by atoms with E-state index >= 15 is 0 Å². The number of aliphatic hydroxyl groups is 1. The average molecular weight is 287 g/mol. The molecule has 0 radical (unpaired) electrons. The highest BCUT2D eigenvalue weighted by atomic mass is 16.3. The van der Waals surface area contributed by atoms with E-state index in [1.54, 1.807) is 18.6 Å². The first-order chi connectivity index (χ1) is 10.0. The molecule has 0 atom stereocenters. The molecule has 0 bridgehead atoms. The van der Waals surface area contributed by atoms with Crippen molar-refractivity contribution in [3.8, 4) is 11.1 Å². The topological polar surface area (TPSA) is 62.5 Å². The average Bonchev–Trinajstić information content (AvgIpc) is 2.99. The maximum Gasteiger partial charge on any atom is 0.251 e. The molecule has 2 N–H and O–H groups in total. The number of nitrogens with one attached hydrogen (secondary N) is 1. The third kappa shape index (κ3) is 4.20. The first-order valence-electron chi connectivity index (χ1n) is 7.03. The fourth-order valence-electron chi connectivity index (χ4n) is 2.08. The SMILES string of the molecule is CC(C)(CCO)CNC(=O)c1cccc(-c2ccoc2)c1. The molecule has 0 aliphatic carbocycles. The molecule has 1 aromatic heterocycles. The smallest absolute Gasteiger partial charge is 0.251 e. The molecule has 2 rings (SSSR count). The van der Waals surface area contributed by atoms with Crippen molar-refractivity contribution >= 4 is 5.91 Å². The Morgan fingerprint density at radius 1 is 1.29 bits per heavy atom. The molecule has 2 aromatic rings. The Balaban J connectivity index is 2.05. The fourth-order valence-corrected chi connectivity index (χ4v) is 2.08. The van der Waals surface area contributed by atoms with Crippen molar-refractivity contribution in [2.24, 2.45) is 5.41 Å². The van der Waals surface area contributed by atoms with E-state index in [-0.39, 0.29) is 17.9 Å². The van der Waals surface area contributed by atoms with E-state index in [4.69, 9.17) is 9.52 Å². The molecule has 0 saturated carbocycles. The molecule has 1 aromatic carbocycles. The molecule has 0 aliphatic rings. The van der Waals surface area contributed by atoms with E-state index in [1.165, 1.54) is 0 Å². The summed E-state index contributed by atoms with van der Waals surface area (Å²) in [6, 6.07) is 9.30. The van der Waals surface area contributed by atoms with E-state index < -0.39 is 0 Å². The minimum atomic E-state index is -0.118. The third-order valence-corrected chi connectivity index (χ3v) is 3.50. The van der Waals surface area contributed by atoms with Crippen LogP contribution in [0.25, 0.3) is 11.1 Å². The number of carbonyl (C=O) groups excluding carboxylic acids is 1. The zero-order chi connectivity index (χ0) is 15.3. The summed E-state index contributed by atoms with van der Waals surface area (Å²) < 4.78 is 5.06. The van der Waals surface area contributed by atoms with Gasteiger partial charge in [0.15, 0.2) is 0 Å². The van der Waals surface area contributed by atoms with Crippen LogP contribution in [0.4, 0.5) is 0 Å². The number of rotatable bonds is 6. The minimum Gasteiger partial charge on any atom is -0.472 e. The van der Waals surface area contributed by atoms with Crippen LogP contribution in [-0.4, -0.2) is 24.2 Å². The maximum absolute atomic E-state index is 12.2. The van der Waals surface area contributed by atoms with Gasteiger partial charge in [-0.05, 0) is 35.6 Å². The molecule has 1 heterocycles. The first kappa shape index (κ1) is 15.3. The zero-order valence-electron chi connectivity index (χ0n) is 12.4. The Bertz CT molecular complexity index is 588. The number of benzene rings is 1. The standard InChI is InChI=1S/C17H21NO3/c1-17(2,7-8-19)12-18-16(20)14-5-3-4-13(10-14)15-6-9-21-11-15/h3-6,9-11,19H,7-8,12H2,1-2H3,(H,18,20). The second kappa shape index (κ2) is 6.59. The van der Waals surface area contributed by atoms with Gasteiger partial charge in [-0.2, -0.15) is 0 Å². The van der Waals surface area contributed by atoms with E-state index in [0.29, 0.717) is 18.5 Å². The summed E-state index contributed by atoms with van der Waals surface area (Å²) in [7, 11) is 0. The Kier molecular flexibility index (Phi) is 4.81. The van der Waals surface area contributed by atoms with Gasteiger partial charge >= 0.3 is 0 Å². The van der Waals surface area contributed by atoms with Gasteiger partial charge in [-0.15, -0.1) is 0 Å². The van der Waals surface area contributed by atoms with Crippen molar-refractivity contribution in [1.29, 1.82) is 0 Å².